The zero-order valence-corrected chi connectivity index (χ0v) is 16.8. The third-order valence-electron chi connectivity index (χ3n) is 5.60. The van der Waals surface area contributed by atoms with E-state index in [1.54, 1.807) is 9.80 Å². The van der Waals surface area contributed by atoms with E-state index in [9.17, 15) is 9.59 Å². The highest BCUT2D eigenvalue weighted by molar-refractivity contribution is 5.96. The molecule has 0 spiro atoms. The molecule has 4 rings (SSSR count). The molecule has 29 heavy (non-hydrogen) atoms. The van der Waals surface area contributed by atoms with Crippen LogP contribution in [0.2, 0.25) is 0 Å². The van der Waals surface area contributed by atoms with Crippen LogP contribution in [-0.2, 0) is 16.0 Å². The number of carbonyl (C=O) groups excluding carboxylic acids is 2. The predicted octanol–water partition coefficient (Wildman–Crippen LogP) is 3.98. The van der Waals surface area contributed by atoms with Crippen LogP contribution in [0.15, 0.2) is 48.5 Å². The van der Waals surface area contributed by atoms with E-state index < -0.39 is 0 Å². The van der Waals surface area contributed by atoms with Crippen molar-refractivity contribution in [3.8, 4) is 0 Å². The number of carbonyl (C=O) groups is 2. The number of hydrogen-bond acceptors (Lipinski definition) is 3. The summed E-state index contributed by atoms with van der Waals surface area (Å²) in [5.74, 6) is 0.138. The summed E-state index contributed by atoms with van der Waals surface area (Å²) in [4.78, 5) is 28.4. The maximum Gasteiger partial charge on any atom is 0.322 e. The second kappa shape index (κ2) is 8.66. The lowest BCUT2D eigenvalue weighted by atomic mass is 10.0. The lowest BCUT2D eigenvalue weighted by molar-refractivity contribution is -0.117. The van der Waals surface area contributed by atoms with Gasteiger partial charge in [-0.3, -0.25) is 4.79 Å². The molecule has 0 saturated carbocycles. The van der Waals surface area contributed by atoms with Gasteiger partial charge in [-0.15, -0.1) is 0 Å². The summed E-state index contributed by atoms with van der Waals surface area (Å²) in [6, 6.07) is 15.7. The van der Waals surface area contributed by atoms with Gasteiger partial charge in [0.25, 0.3) is 0 Å². The van der Waals surface area contributed by atoms with E-state index in [2.05, 4.69) is 36.5 Å². The Labute approximate surface area is 171 Å². The first-order valence-corrected chi connectivity index (χ1v) is 10.3. The van der Waals surface area contributed by atoms with Crippen LogP contribution in [0.5, 0.6) is 0 Å². The van der Waals surface area contributed by atoms with E-state index in [0.29, 0.717) is 31.8 Å². The minimum atomic E-state index is -0.145. The molecule has 0 bridgehead atoms. The molecule has 0 unspecified atom stereocenters. The Morgan fingerprint density at radius 1 is 1.17 bits per heavy atom. The fraction of sp³-hybridized carbons (Fsp3) is 0.391. The van der Waals surface area contributed by atoms with Gasteiger partial charge in [0.1, 0.15) is 6.10 Å². The zero-order chi connectivity index (χ0) is 20.2. The van der Waals surface area contributed by atoms with Crippen molar-refractivity contribution in [3.63, 3.8) is 0 Å². The van der Waals surface area contributed by atoms with Gasteiger partial charge in [-0.05, 0) is 42.2 Å². The number of rotatable bonds is 4. The average molecular weight is 393 g/mol. The quantitative estimate of drug-likeness (QED) is 0.855. The summed E-state index contributed by atoms with van der Waals surface area (Å²) in [5.41, 5.74) is 3.91. The summed E-state index contributed by atoms with van der Waals surface area (Å²) in [5, 5.41) is 2.97. The van der Waals surface area contributed by atoms with Gasteiger partial charge in [0, 0.05) is 30.9 Å². The fourth-order valence-corrected chi connectivity index (χ4v) is 3.88. The van der Waals surface area contributed by atoms with Crippen molar-refractivity contribution in [2.75, 3.05) is 36.5 Å². The maximum atomic E-state index is 12.8. The normalized spacial score (nSPS) is 19.5. The number of aryl methyl sites for hydroxylation is 1. The molecule has 6 nitrogen and oxygen atoms in total. The lowest BCUT2D eigenvalue weighted by Gasteiger charge is -2.33. The Morgan fingerprint density at radius 3 is 2.72 bits per heavy atom. The van der Waals surface area contributed by atoms with Crippen molar-refractivity contribution in [3.05, 3.63) is 59.7 Å². The highest BCUT2D eigenvalue weighted by Gasteiger charge is 2.26. The van der Waals surface area contributed by atoms with Gasteiger partial charge in [0.15, 0.2) is 0 Å². The van der Waals surface area contributed by atoms with E-state index in [-0.39, 0.29) is 18.0 Å². The van der Waals surface area contributed by atoms with Crippen molar-refractivity contribution in [1.29, 1.82) is 0 Å². The van der Waals surface area contributed by atoms with E-state index in [4.69, 9.17) is 4.74 Å². The number of hydrogen-bond donors (Lipinski definition) is 1. The fourth-order valence-electron chi connectivity index (χ4n) is 3.88. The maximum absolute atomic E-state index is 12.8. The number of amides is 3. The highest BCUT2D eigenvalue weighted by atomic mass is 16.5. The molecule has 2 heterocycles. The van der Waals surface area contributed by atoms with Gasteiger partial charge in [-0.1, -0.05) is 37.3 Å². The van der Waals surface area contributed by atoms with Crippen LogP contribution in [0.3, 0.4) is 0 Å². The third kappa shape index (κ3) is 4.43. The van der Waals surface area contributed by atoms with Gasteiger partial charge in [-0.2, -0.15) is 0 Å². The van der Waals surface area contributed by atoms with Crippen LogP contribution in [0.25, 0.3) is 0 Å². The lowest BCUT2D eigenvalue weighted by Crippen LogP contribution is -2.44. The number of anilines is 2. The van der Waals surface area contributed by atoms with E-state index in [1.165, 1.54) is 5.56 Å². The second-order valence-electron chi connectivity index (χ2n) is 7.53. The topological polar surface area (TPSA) is 61.9 Å². The number of nitrogens with zero attached hydrogens (tertiary/aromatic N) is 2. The van der Waals surface area contributed by atoms with Crippen LogP contribution in [0, 0.1) is 0 Å². The smallest absolute Gasteiger partial charge is 0.322 e. The third-order valence-corrected chi connectivity index (χ3v) is 5.60. The van der Waals surface area contributed by atoms with Gasteiger partial charge in [0.2, 0.25) is 5.91 Å². The van der Waals surface area contributed by atoms with Crippen molar-refractivity contribution >= 4 is 23.3 Å². The minimum absolute atomic E-state index is 0.117. The SMILES string of the molecule is CCc1ccc([C@H]2CN(C(=O)Nc3cccc(N4CCCC4=O)c3)CCO2)cc1. The molecule has 2 aliphatic heterocycles. The van der Waals surface area contributed by atoms with Crippen LogP contribution < -0.4 is 10.2 Å². The molecule has 0 aromatic heterocycles. The van der Waals surface area contributed by atoms with E-state index in [0.717, 1.165) is 30.6 Å². The molecule has 2 aromatic rings. The monoisotopic (exact) mass is 393 g/mol. The molecular formula is C23H27N3O3. The van der Waals surface area contributed by atoms with Crippen LogP contribution in [0.4, 0.5) is 16.2 Å². The van der Waals surface area contributed by atoms with Gasteiger partial charge < -0.3 is 19.9 Å². The Hall–Kier alpha value is -2.86. The Bertz CT molecular complexity index is 881. The molecule has 2 aliphatic rings. The Kier molecular flexibility index (Phi) is 5.81. The summed E-state index contributed by atoms with van der Waals surface area (Å²) in [6.07, 6.45) is 2.35. The number of nitrogens with one attached hydrogen (secondary N) is 1. The largest absolute Gasteiger partial charge is 0.370 e. The number of ether oxygens (including phenoxy) is 1. The molecule has 2 fully saturated rings. The molecule has 0 aliphatic carbocycles. The summed E-state index contributed by atoms with van der Waals surface area (Å²) in [7, 11) is 0. The van der Waals surface area contributed by atoms with Crippen molar-refractivity contribution in [2.24, 2.45) is 0 Å². The van der Waals surface area contributed by atoms with Gasteiger partial charge in [-0.25, -0.2) is 4.79 Å². The predicted molar refractivity (Wildman–Crippen MR) is 113 cm³/mol. The minimum Gasteiger partial charge on any atom is -0.370 e. The summed E-state index contributed by atoms with van der Waals surface area (Å²) < 4.78 is 5.90. The molecule has 2 aromatic carbocycles. The summed E-state index contributed by atoms with van der Waals surface area (Å²) in [6.45, 7) is 4.45. The van der Waals surface area contributed by atoms with Gasteiger partial charge in [0.05, 0.1) is 13.2 Å². The molecule has 1 N–H and O–H groups in total. The van der Waals surface area contributed by atoms with Crippen LogP contribution in [-0.4, -0.2) is 43.1 Å². The average Bonchev–Trinajstić information content (AvgIpc) is 3.20. The number of morpholine rings is 1. The molecular weight excluding hydrogens is 366 g/mol. The standard InChI is InChI=1S/C23H27N3O3/c1-2-17-8-10-18(11-9-17)21-16-25(13-14-29-21)23(28)24-19-5-3-6-20(15-19)26-12-4-7-22(26)27/h3,5-6,8-11,15,21H,2,4,7,12-14,16H2,1H3,(H,24,28)/t21-/m1/s1. The Morgan fingerprint density at radius 2 is 2.00 bits per heavy atom. The molecule has 1 atom stereocenters. The molecule has 152 valence electrons. The number of benzene rings is 2. The summed E-state index contributed by atoms with van der Waals surface area (Å²) >= 11 is 0. The molecule has 6 heteroatoms. The first-order valence-electron chi connectivity index (χ1n) is 10.3. The Balaban J connectivity index is 1.41. The zero-order valence-electron chi connectivity index (χ0n) is 16.8. The van der Waals surface area contributed by atoms with Crippen molar-refractivity contribution in [1.82, 2.24) is 4.90 Å². The van der Waals surface area contributed by atoms with Crippen LogP contribution in [0.1, 0.15) is 37.0 Å². The van der Waals surface area contributed by atoms with Crippen molar-refractivity contribution < 1.29 is 14.3 Å². The van der Waals surface area contributed by atoms with Crippen LogP contribution >= 0.6 is 0 Å². The highest BCUT2D eigenvalue weighted by Crippen LogP contribution is 2.26. The first-order chi connectivity index (χ1) is 14.1. The first kappa shape index (κ1) is 19.5. The second-order valence-corrected chi connectivity index (χ2v) is 7.53. The number of urea groups is 1. The molecule has 3 amide bonds. The van der Waals surface area contributed by atoms with E-state index >= 15 is 0 Å². The van der Waals surface area contributed by atoms with Crippen molar-refractivity contribution in [2.45, 2.75) is 32.3 Å². The molecule has 2 saturated heterocycles. The van der Waals surface area contributed by atoms with E-state index in [1.807, 2.05) is 24.3 Å². The van der Waals surface area contributed by atoms with Gasteiger partial charge >= 0.3 is 6.03 Å². The molecule has 0 radical (unpaired) electrons.